The van der Waals surface area contributed by atoms with Crippen LogP contribution < -0.4 is 0 Å². The van der Waals surface area contributed by atoms with Crippen LogP contribution in [-0.2, 0) is 4.84 Å². The third kappa shape index (κ3) is 4.73. The van der Waals surface area contributed by atoms with Gasteiger partial charge >= 0.3 is 6.18 Å². The molecule has 0 radical (unpaired) electrons. The Morgan fingerprint density at radius 2 is 1.89 bits per heavy atom. The van der Waals surface area contributed by atoms with Gasteiger partial charge in [0.15, 0.2) is 0 Å². The molecule has 1 aromatic carbocycles. The molecule has 0 aromatic heterocycles. The Bertz CT molecular complexity index is 441. The quantitative estimate of drug-likeness (QED) is 0.344. The number of hydrogen-bond donors (Lipinski definition) is 0. The third-order valence-electron chi connectivity index (χ3n) is 2.26. The molecular formula is C13H14F3NO2. The Labute approximate surface area is 109 Å². The molecule has 0 amide bonds. The smallest absolute Gasteiger partial charge is 0.395 e. The van der Waals surface area contributed by atoms with Gasteiger partial charge in [-0.2, -0.15) is 13.2 Å². The Morgan fingerprint density at radius 1 is 1.26 bits per heavy atom. The van der Waals surface area contributed by atoms with Gasteiger partial charge in [-0.05, 0) is 6.42 Å². The van der Waals surface area contributed by atoms with Crippen molar-refractivity contribution in [2.45, 2.75) is 25.9 Å². The summed E-state index contributed by atoms with van der Waals surface area (Å²) in [6, 6.07) is 7.18. The standard InChI is InChI=1S/C13H14F3NO2/c1-2-3-9-19-17-12(13(14,15)16)11(18)10-7-5-4-6-8-10/h4-8H,2-3,9H2,1H3/b17-12+. The van der Waals surface area contributed by atoms with Crippen molar-refractivity contribution in [1.82, 2.24) is 0 Å². The summed E-state index contributed by atoms with van der Waals surface area (Å²) in [6.45, 7) is 1.92. The zero-order chi connectivity index (χ0) is 14.3. The van der Waals surface area contributed by atoms with E-state index in [-0.39, 0.29) is 12.2 Å². The first-order valence-corrected chi connectivity index (χ1v) is 5.83. The van der Waals surface area contributed by atoms with Crippen molar-refractivity contribution in [3.8, 4) is 0 Å². The van der Waals surface area contributed by atoms with Gasteiger partial charge in [-0.15, -0.1) is 0 Å². The number of hydrogen-bond acceptors (Lipinski definition) is 3. The van der Waals surface area contributed by atoms with Crippen molar-refractivity contribution < 1.29 is 22.8 Å². The highest BCUT2D eigenvalue weighted by molar-refractivity contribution is 6.47. The van der Waals surface area contributed by atoms with Crippen LogP contribution in [0.3, 0.4) is 0 Å². The van der Waals surface area contributed by atoms with E-state index in [2.05, 4.69) is 9.99 Å². The molecule has 0 N–H and O–H groups in total. The van der Waals surface area contributed by atoms with E-state index in [1.54, 1.807) is 6.07 Å². The van der Waals surface area contributed by atoms with Gasteiger partial charge in [-0.1, -0.05) is 48.8 Å². The lowest BCUT2D eigenvalue weighted by Crippen LogP contribution is -2.31. The zero-order valence-corrected chi connectivity index (χ0v) is 10.4. The SMILES string of the molecule is CCCCO/N=C(\C(=O)c1ccccc1)C(F)(F)F. The van der Waals surface area contributed by atoms with Gasteiger partial charge in [0.25, 0.3) is 0 Å². The monoisotopic (exact) mass is 273 g/mol. The number of oxime groups is 1. The molecule has 6 heteroatoms. The molecule has 0 bridgehead atoms. The first-order valence-electron chi connectivity index (χ1n) is 5.83. The minimum Gasteiger partial charge on any atom is -0.395 e. The number of carbonyl (C=O) groups is 1. The molecule has 104 valence electrons. The summed E-state index contributed by atoms with van der Waals surface area (Å²) < 4.78 is 38.2. The number of rotatable bonds is 6. The molecule has 3 nitrogen and oxygen atoms in total. The first kappa shape index (κ1) is 15.2. The van der Waals surface area contributed by atoms with Crippen molar-refractivity contribution in [1.29, 1.82) is 0 Å². The molecule has 0 saturated carbocycles. The Kier molecular flexibility index (Phi) is 5.54. The summed E-state index contributed by atoms with van der Waals surface area (Å²) in [5.41, 5.74) is -1.60. The summed E-state index contributed by atoms with van der Waals surface area (Å²) in [7, 11) is 0. The lowest BCUT2D eigenvalue weighted by Gasteiger charge is -2.09. The molecule has 0 saturated heterocycles. The van der Waals surface area contributed by atoms with Gasteiger partial charge in [-0.3, -0.25) is 4.79 Å². The molecule has 1 aromatic rings. The number of unbranched alkanes of at least 4 members (excludes halogenated alkanes) is 1. The predicted molar refractivity (Wildman–Crippen MR) is 65.1 cm³/mol. The van der Waals surface area contributed by atoms with Crippen LogP contribution in [0.1, 0.15) is 30.1 Å². The predicted octanol–water partition coefficient (Wildman–Crippen LogP) is 3.60. The summed E-state index contributed by atoms with van der Waals surface area (Å²) in [5.74, 6) is -1.19. The largest absolute Gasteiger partial charge is 0.440 e. The molecule has 0 atom stereocenters. The van der Waals surface area contributed by atoms with Crippen molar-refractivity contribution >= 4 is 11.5 Å². The molecule has 0 aliphatic carbocycles. The van der Waals surface area contributed by atoms with Gasteiger partial charge in [0.2, 0.25) is 11.5 Å². The highest BCUT2D eigenvalue weighted by atomic mass is 19.4. The second kappa shape index (κ2) is 6.92. The fourth-order valence-electron chi connectivity index (χ4n) is 1.27. The van der Waals surface area contributed by atoms with Crippen LogP contribution >= 0.6 is 0 Å². The second-order valence-electron chi connectivity index (χ2n) is 3.82. The fourth-order valence-corrected chi connectivity index (χ4v) is 1.27. The number of halogens is 3. The van der Waals surface area contributed by atoms with Crippen LogP contribution in [0.5, 0.6) is 0 Å². The lowest BCUT2D eigenvalue weighted by molar-refractivity contribution is -0.0616. The molecule has 0 unspecified atom stereocenters. The van der Waals surface area contributed by atoms with Crippen molar-refractivity contribution in [3.05, 3.63) is 35.9 Å². The van der Waals surface area contributed by atoms with Crippen molar-refractivity contribution in [3.63, 3.8) is 0 Å². The van der Waals surface area contributed by atoms with E-state index >= 15 is 0 Å². The third-order valence-corrected chi connectivity index (χ3v) is 2.26. The van der Waals surface area contributed by atoms with E-state index in [9.17, 15) is 18.0 Å². The Hall–Kier alpha value is -1.85. The van der Waals surface area contributed by atoms with Crippen LogP contribution in [-0.4, -0.2) is 24.3 Å². The normalized spacial score (nSPS) is 12.3. The van der Waals surface area contributed by atoms with E-state index in [1.807, 2.05) is 6.92 Å². The molecule has 0 spiro atoms. The van der Waals surface area contributed by atoms with E-state index < -0.39 is 17.7 Å². The molecule has 0 aliphatic rings. The maximum absolute atomic E-state index is 12.7. The maximum atomic E-state index is 12.7. The van der Waals surface area contributed by atoms with Crippen LogP contribution in [0.4, 0.5) is 13.2 Å². The van der Waals surface area contributed by atoms with Gasteiger partial charge in [0.1, 0.15) is 6.61 Å². The van der Waals surface area contributed by atoms with E-state index in [0.29, 0.717) is 6.42 Å². The number of benzene rings is 1. The average Bonchev–Trinajstić information content (AvgIpc) is 2.37. The molecule has 19 heavy (non-hydrogen) atoms. The summed E-state index contributed by atoms with van der Waals surface area (Å²) >= 11 is 0. The Morgan fingerprint density at radius 3 is 2.42 bits per heavy atom. The second-order valence-corrected chi connectivity index (χ2v) is 3.82. The topological polar surface area (TPSA) is 38.7 Å². The summed E-state index contributed by atoms with van der Waals surface area (Å²) in [4.78, 5) is 16.3. The van der Waals surface area contributed by atoms with Crippen LogP contribution in [0, 0.1) is 0 Å². The highest BCUT2D eigenvalue weighted by Gasteiger charge is 2.42. The van der Waals surface area contributed by atoms with Crippen molar-refractivity contribution in [2.75, 3.05) is 6.61 Å². The number of alkyl halides is 3. The van der Waals surface area contributed by atoms with Gasteiger partial charge < -0.3 is 4.84 Å². The van der Waals surface area contributed by atoms with Crippen LogP contribution in [0.25, 0.3) is 0 Å². The molecule has 0 heterocycles. The van der Waals surface area contributed by atoms with Gasteiger partial charge in [0.05, 0.1) is 0 Å². The first-order chi connectivity index (χ1) is 8.96. The molecule has 0 aliphatic heterocycles. The Balaban J connectivity index is 2.89. The number of Topliss-reactive ketones (excluding diaryl/α,β-unsaturated/α-hetero) is 1. The maximum Gasteiger partial charge on any atom is 0.440 e. The van der Waals surface area contributed by atoms with E-state index in [1.165, 1.54) is 24.3 Å². The zero-order valence-electron chi connectivity index (χ0n) is 10.4. The van der Waals surface area contributed by atoms with Crippen molar-refractivity contribution in [2.24, 2.45) is 5.16 Å². The summed E-state index contributed by atoms with van der Waals surface area (Å²) in [6.07, 6.45) is -3.49. The fraction of sp³-hybridized carbons (Fsp3) is 0.385. The minimum absolute atomic E-state index is 0.0537. The minimum atomic E-state index is -4.83. The van der Waals surface area contributed by atoms with Crippen LogP contribution in [0.2, 0.25) is 0 Å². The highest BCUT2D eigenvalue weighted by Crippen LogP contribution is 2.20. The molecule has 0 fully saturated rings. The lowest BCUT2D eigenvalue weighted by atomic mass is 10.1. The number of carbonyl (C=O) groups excluding carboxylic acids is 1. The van der Waals surface area contributed by atoms with E-state index in [0.717, 1.165) is 6.42 Å². The van der Waals surface area contributed by atoms with Gasteiger partial charge in [-0.25, -0.2) is 0 Å². The van der Waals surface area contributed by atoms with E-state index in [4.69, 9.17) is 0 Å². The number of ketones is 1. The molecule has 1 rings (SSSR count). The summed E-state index contributed by atoms with van der Waals surface area (Å²) in [5, 5.41) is 2.95. The average molecular weight is 273 g/mol. The molecular weight excluding hydrogens is 259 g/mol. The number of nitrogens with zero attached hydrogens (tertiary/aromatic N) is 1. The van der Waals surface area contributed by atoms with Crippen LogP contribution in [0.15, 0.2) is 35.5 Å². The van der Waals surface area contributed by atoms with Gasteiger partial charge in [0, 0.05) is 5.56 Å².